The summed E-state index contributed by atoms with van der Waals surface area (Å²) in [7, 11) is 0.330. The molecule has 5 nitrogen and oxygen atoms in total. The van der Waals surface area contributed by atoms with Crippen molar-refractivity contribution in [1.29, 1.82) is 0 Å². The Bertz CT molecular complexity index is 1240. The number of hydrogen-bond donors (Lipinski definition) is 1. The number of aliphatic hydroxyl groups excluding tert-OH is 1. The first-order valence-corrected chi connectivity index (χ1v) is 16.0. The Hall–Kier alpha value is -2.48. The maximum Gasteiger partial charge on any atom is 0.142 e. The summed E-state index contributed by atoms with van der Waals surface area (Å²) in [6.45, 7) is 12.3. The lowest BCUT2D eigenvalue weighted by molar-refractivity contribution is 0.0908. The molecule has 0 fully saturated rings. The molecule has 1 N–H and O–H groups in total. The van der Waals surface area contributed by atoms with Crippen molar-refractivity contribution in [3.8, 4) is 17.0 Å². The van der Waals surface area contributed by atoms with Crippen molar-refractivity contribution in [3.05, 3.63) is 54.0 Å². The third-order valence-corrected chi connectivity index (χ3v) is 8.41. The van der Waals surface area contributed by atoms with E-state index < -0.39 is 14.2 Å². The SMILES string of the molecule is COc1ccc(F)cc1-c1c(C2=CC(C)(C)CCC2O)c2cccnc2n1COCC[Si](C)(C)C. The summed E-state index contributed by atoms with van der Waals surface area (Å²) >= 11 is 0. The van der Waals surface area contributed by atoms with E-state index in [1.807, 2.05) is 16.7 Å². The number of benzene rings is 1. The van der Waals surface area contributed by atoms with Gasteiger partial charge in [-0.3, -0.25) is 0 Å². The highest BCUT2D eigenvalue weighted by Crippen LogP contribution is 2.46. The molecule has 7 heteroatoms. The van der Waals surface area contributed by atoms with E-state index in [0.29, 0.717) is 24.3 Å². The smallest absolute Gasteiger partial charge is 0.142 e. The number of methoxy groups -OCH3 is 1. The van der Waals surface area contributed by atoms with E-state index in [1.54, 1.807) is 19.4 Å². The third kappa shape index (κ3) is 5.52. The van der Waals surface area contributed by atoms with E-state index in [0.717, 1.165) is 40.3 Å². The maximum atomic E-state index is 14.6. The average Bonchev–Trinajstić information content (AvgIpc) is 3.11. The van der Waals surface area contributed by atoms with E-state index in [4.69, 9.17) is 14.5 Å². The molecule has 2 heterocycles. The summed E-state index contributed by atoms with van der Waals surface area (Å²) in [5, 5.41) is 12.1. The molecule has 4 rings (SSSR count). The number of nitrogens with zero attached hydrogens (tertiary/aromatic N) is 2. The number of ether oxygens (including phenoxy) is 2. The minimum absolute atomic E-state index is 0.0671. The Kier molecular flexibility index (Phi) is 7.22. The number of hydrogen-bond acceptors (Lipinski definition) is 4. The second-order valence-electron chi connectivity index (χ2n) is 11.4. The molecule has 2 aromatic heterocycles. The van der Waals surface area contributed by atoms with Crippen LogP contribution in [0.25, 0.3) is 27.9 Å². The van der Waals surface area contributed by atoms with Gasteiger partial charge in [0.2, 0.25) is 0 Å². The lowest BCUT2D eigenvalue weighted by atomic mass is 9.76. The standard InChI is InChI=1S/C28H37FN2O3Si/c1-28(2)12-11-23(32)22(17-28)25-20-8-7-13-30-27(20)31(18-34-14-15-35(4,5)6)26(25)21-16-19(29)9-10-24(21)33-3/h7-10,13,16-17,23,32H,11-12,14-15,18H2,1-6H3. The van der Waals surface area contributed by atoms with Gasteiger partial charge >= 0.3 is 0 Å². The van der Waals surface area contributed by atoms with E-state index in [1.165, 1.54) is 12.1 Å². The first kappa shape index (κ1) is 25.6. The number of rotatable bonds is 8. The summed E-state index contributed by atoms with van der Waals surface area (Å²) in [5.74, 6) is 0.207. The summed E-state index contributed by atoms with van der Waals surface area (Å²) in [6, 6.07) is 9.50. The van der Waals surface area contributed by atoms with Crippen LogP contribution in [0.5, 0.6) is 5.75 Å². The van der Waals surface area contributed by atoms with Gasteiger partial charge in [-0.15, -0.1) is 0 Å². The molecular weight excluding hydrogens is 459 g/mol. The molecule has 1 aliphatic rings. The molecule has 188 valence electrons. The Balaban J connectivity index is 1.97. The minimum atomic E-state index is -1.26. The molecule has 0 saturated heterocycles. The molecule has 1 unspecified atom stereocenters. The summed E-state index contributed by atoms with van der Waals surface area (Å²) < 4.78 is 28.4. The van der Waals surface area contributed by atoms with Gasteiger partial charge in [-0.05, 0) is 60.2 Å². The molecule has 0 aliphatic heterocycles. The van der Waals surface area contributed by atoms with Crippen LogP contribution in [-0.2, 0) is 11.5 Å². The van der Waals surface area contributed by atoms with E-state index in [9.17, 15) is 9.50 Å². The van der Waals surface area contributed by atoms with Crippen molar-refractivity contribution in [1.82, 2.24) is 9.55 Å². The molecule has 1 aromatic carbocycles. The predicted molar refractivity (Wildman–Crippen MR) is 143 cm³/mol. The van der Waals surface area contributed by atoms with Gasteiger partial charge < -0.3 is 19.1 Å². The van der Waals surface area contributed by atoms with Crippen LogP contribution in [0.15, 0.2) is 42.6 Å². The van der Waals surface area contributed by atoms with Gasteiger partial charge in [0, 0.05) is 37.4 Å². The molecule has 0 radical (unpaired) electrons. The Morgan fingerprint density at radius 3 is 2.71 bits per heavy atom. The highest BCUT2D eigenvalue weighted by atomic mass is 28.3. The Morgan fingerprint density at radius 2 is 2.00 bits per heavy atom. The molecule has 0 spiro atoms. The molecule has 1 atom stereocenters. The topological polar surface area (TPSA) is 56.5 Å². The van der Waals surface area contributed by atoms with Crippen molar-refractivity contribution < 1.29 is 19.0 Å². The van der Waals surface area contributed by atoms with Gasteiger partial charge in [-0.25, -0.2) is 9.37 Å². The number of aromatic nitrogens is 2. The Labute approximate surface area is 208 Å². The number of fused-ring (bicyclic) bond motifs is 1. The molecule has 0 saturated carbocycles. The van der Waals surface area contributed by atoms with Gasteiger partial charge in [0.1, 0.15) is 23.9 Å². The lowest BCUT2D eigenvalue weighted by Gasteiger charge is -2.31. The van der Waals surface area contributed by atoms with Crippen LogP contribution in [0.2, 0.25) is 25.7 Å². The molecule has 0 bridgehead atoms. The zero-order valence-corrected chi connectivity index (χ0v) is 22.7. The molecule has 0 amide bonds. The number of halogens is 1. The highest BCUT2D eigenvalue weighted by molar-refractivity contribution is 6.76. The van der Waals surface area contributed by atoms with Gasteiger partial charge in [0.05, 0.1) is 18.9 Å². The first-order chi connectivity index (χ1) is 16.5. The fourth-order valence-electron chi connectivity index (χ4n) is 4.77. The van der Waals surface area contributed by atoms with E-state index in [-0.39, 0.29) is 18.0 Å². The van der Waals surface area contributed by atoms with Crippen molar-refractivity contribution in [3.63, 3.8) is 0 Å². The van der Waals surface area contributed by atoms with Gasteiger partial charge in [0.15, 0.2) is 0 Å². The monoisotopic (exact) mass is 496 g/mol. The van der Waals surface area contributed by atoms with Crippen LogP contribution in [0.4, 0.5) is 4.39 Å². The van der Waals surface area contributed by atoms with Crippen LogP contribution in [0, 0.1) is 11.2 Å². The van der Waals surface area contributed by atoms with Gasteiger partial charge in [-0.2, -0.15) is 0 Å². The molecule has 3 aromatic rings. The third-order valence-electron chi connectivity index (χ3n) is 6.71. The normalized spacial score (nSPS) is 18.1. The molecule has 35 heavy (non-hydrogen) atoms. The van der Waals surface area contributed by atoms with Crippen molar-refractivity contribution in [2.24, 2.45) is 5.41 Å². The number of allylic oxidation sites excluding steroid dienone is 1. The Morgan fingerprint density at radius 1 is 1.23 bits per heavy atom. The first-order valence-electron chi connectivity index (χ1n) is 12.3. The second-order valence-corrected chi connectivity index (χ2v) is 17.0. The second kappa shape index (κ2) is 9.88. The maximum absolute atomic E-state index is 14.6. The van der Waals surface area contributed by atoms with Crippen LogP contribution in [0.1, 0.15) is 32.3 Å². The van der Waals surface area contributed by atoms with Crippen LogP contribution in [-0.4, -0.2) is 42.6 Å². The summed E-state index contributed by atoms with van der Waals surface area (Å²) in [5.41, 5.74) is 3.76. The average molecular weight is 497 g/mol. The molecular formula is C28H37FN2O3Si. The zero-order chi connectivity index (χ0) is 25.4. The number of pyridine rings is 1. The van der Waals surface area contributed by atoms with Crippen LogP contribution >= 0.6 is 0 Å². The summed E-state index contributed by atoms with van der Waals surface area (Å²) in [4.78, 5) is 4.70. The largest absolute Gasteiger partial charge is 0.496 e. The van der Waals surface area contributed by atoms with Crippen molar-refractivity contribution >= 4 is 24.7 Å². The fraction of sp³-hybridized carbons (Fsp3) is 0.464. The summed E-state index contributed by atoms with van der Waals surface area (Å²) in [6.07, 6.45) is 4.86. The quantitative estimate of drug-likeness (QED) is 0.278. The van der Waals surface area contributed by atoms with Gasteiger partial charge in [0.25, 0.3) is 0 Å². The van der Waals surface area contributed by atoms with Crippen LogP contribution < -0.4 is 4.74 Å². The minimum Gasteiger partial charge on any atom is -0.496 e. The zero-order valence-electron chi connectivity index (χ0n) is 21.7. The number of aliphatic hydroxyl groups is 1. The van der Waals surface area contributed by atoms with Crippen molar-refractivity contribution in [2.75, 3.05) is 13.7 Å². The van der Waals surface area contributed by atoms with E-state index in [2.05, 4.69) is 39.6 Å². The van der Waals surface area contributed by atoms with E-state index >= 15 is 0 Å². The molecule has 1 aliphatic carbocycles. The van der Waals surface area contributed by atoms with Gasteiger partial charge in [-0.1, -0.05) is 39.6 Å². The van der Waals surface area contributed by atoms with Crippen molar-refractivity contribution in [2.45, 2.75) is 65.2 Å². The lowest BCUT2D eigenvalue weighted by Crippen LogP contribution is -2.23. The van der Waals surface area contributed by atoms with Crippen LogP contribution in [0.3, 0.4) is 0 Å². The fourth-order valence-corrected chi connectivity index (χ4v) is 5.52. The highest BCUT2D eigenvalue weighted by Gasteiger charge is 2.32. The predicted octanol–water partition coefficient (Wildman–Crippen LogP) is 6.73.